The SMILES string of the molecule is CC(=O)c1c(C)[nH]c(C(=O)N(C)CCO)c1C. The highest BCUT2D eigenvalue weighted by molar-refractivity contribution is 6.02. The van der Waals surface area contributed by atoms with Crippen molar-refractivity contribution < 1.29 is 14.7 Å². The highest BCUT2D eigenvalue weighted by Gasteiger charge is 2.21. The minimum Gasteiger partial charge on any atom is -0.395 e. The number of aliphatic hydroxyl groups excluding tert-OH is 1. The van der Waals surface area contributed by atoms with Gasteiger partial charge in [-0.1, -0.05) is 0 Å². The van der Waals surface area contributed by atoms with Crippen LogP contribution in [-0.2, 0) is 0 Å². The van der Waals surface area contributed by atoms with Crippen LogP contribution >= 0.6 is 0 Å². The Hall–Kier alpha value is -1.62. The molecule has 17 heavy (non-hydrogen) atoms. The van der Waals surface area contributed by atoms with Crippen LogP contribution in [-0.4, -0.2) is 46.9 Å². The molecule has 94 valence electrons. The maximum atomic E-state index is 12.0. The first-order chi connectivity index (χ1) is 7.90. The van der Waals surface area contributed by atoms with Crippen molar-refractivity contribution in [3.63, 3.8) is 0 Å². The largest absolute Gasteiger partial charge is 0.395 e. The molecule has 0 atom stereocenters. The number of nitrogens with one attached hydrogen (secondary N) is 1. The molecule has 1 amide bonds. The van der Waals surface area contributed by atoms with Crippen LogP contribution in [0.15, 0.2) is 0 Å². The molecule has 0 spiro atoms. The van der Waals surface area contributed by atoms with Gasteiger partial charge in [-0.05, 0) is 26.3 Å². The van der Waals surface area contributed by atoms with Crippen molar-refractivity contribution in [1.29, 1.82) is 0 Å². The Labute approximate surface area is 100 Å². The van der Waals surface area contributed by atoms with E-state index in [4.69, 9.17) is 5.11 Å². The molecule has 0 fully saturated rings. The van der Waals surface area contributed by atoms with Crippen molar-refractivity contribution in [3.8, 4) is 0 Å². The molecule has 2 N–H and O–H groups in total. The van der Waals surface area contributed by atoms with Gasteiger partial charge in [0.1, 0.15) is 5.69 Å². The van der Waals surface area contributed by atoms with Crippen LogP contribution in [0.25, 0.3) is 0 Å². The van der Waals surface area contributed by atoms with Crippen molar-refractivity contribution >= 4 is 11.7 Å². The number of Topliss-reactive ketones (excluding diaryl/α,β-unsaturated/α-hetero) is 1. The van der Waals surface area contributed by atoms with Gasteiger partial charge in [0.15, 0.2) is 5.78 Å². The van der Waals surface area contributed by atoms with E-state index in [9.17, 15) is 9.59 Å². The molecule has 1 aromatic heterocycles. The van der Waals surface area contributed by atoms with Crippen LogP contribution < -0.4 is 0 Å². The second kappa shape index (κ2) is 5.14. The number of ketones is 1. The Morgan fingerprint density at radius 1 is 1.35 bits per heavy atom. The Balaban J connectivity index is 3.12. The van der Waals surface area contributed by atoms with Crippen molar-refractivity contribution in [3.05, 3.63) is 22.5 Å². The number of carbonyl (C=O) groups is 2. The van der Waals surface area contributed by atoms with E-state index in [1.165, 1.54) is 11.8 Å². The molecule has 5 nitrogen and oxygen atoms in total. The van der Waals surface area contributed by atoms with Crippen molar-refractivity contribution in [1.82, 2.24) is 9.88 Å². The van der Waals surface area contributed by atoms with Crippen LogP contribution in [0.3, 0.4) is 0 Å². The quantitative estimate of drug-likeness (QED) is 0.765. The standard InChI is InChI=1S/C12H18N2O3/c1-7-10(9(3)16)8(2)13-11(7)12(17)14(4)5-6-15/h13,15H,5-6H2,1-4H3. The molecule has 0 radical (unpaired) electrons. The summed E-state index contributed by atoms with van der Waals surface area (Å²) in [6, 6.07) is 0. The van der Waals surface area contributed by atoms with E-state index in [2.05, 4.69) is 4.98 Å². The van der Waals surface area contributed by atoms with Gasteiger partial charge in [-0.3, -0.25) is 9.59 Å². The first-order valence-corrected chi connectivity index (χ1v) is 5.46. The average Bonchev–Trinajstić information content (AvgIpc) is 2.53. The lowest BCUT2D eigenvalue weighted by atomic mass is 10.1. The number of H-pyrrole nitrogens is 1. The van der Waals surface area contributed by atoms with Gasteiger partial charge in [-0.25, -0.2) is 0 Å². The van der Waals surface area contributed by atoms with Gasteiger partial charge in [0.2, 0.25) is 0 Å². The fourth-order valence-corrected chi connectivity index (χ4v) is 1.93. The summed E-state index contributed by atoms with van der Waals surface area (Å²) in [5, 5.41) is 8.79. The van der Waals surface area contributed by atoms with Crippen molar-refractivity contribution in [2.24, 2.45) is 0 Å². The zero-order valence-corrected chi connectivity index (χ0v) is 10.6. The van der Waals surface area contributed by atoms with E-state index in [1.54, 1.807) is 20.9 Å². The summed E-state index contributed by atoms with van der Waals surface area (Å²) < 4.78 is 0. The molecule has 0 saturated carbocycles. The maximum absolute atomic E-state index is 12.0. The first kappa shape index (κ1) is 13.4. The van der Waals surface area contributed by atoms with Gasteiger partial charge in [-0.2, -0.15) is 0 Å². The van der Waals surface area contributed by atoms with Crippen LogP contribution in [0.5, 0.6) is 0 Å². The molecule has 1 aromatic rings. The normalized spacial score (nSPS) is 10.4. The van der Waals surface area contributed by atoms with E-state index < -0.39 is 0 Å². The first-order valence-electron chi connectivity index (χ1n) is 5.46. The molecule has 0 saturated heterocycles. The lowest BCUT2D eigenvalue weighted by molar-refractivity contribution is 0.0761. The molecule has 0 aliphatic carbocycles. The number of aliphatic hydroxyl groups is 1. The number of likely N-dealkylation sites (N-methyl/N-ethyl adjacent to an activating group) is 1. The number of aromatic amines is 1. The molecular weight excluding hydrogens is 220 g/mol. The van der Waals surface area contributed by atoms with Crippen LogP contribution in [0, 0.1) is 13.8 Å². The Morgan fingerprint density at radius 2 is 1.94 bits per heavy atom. The van der Waals surface area contributed by atoms with E-state index in [1.807, 2.05) is 0 Å². The third-order valence-corrected chi connectivity index (χ3v) is 2.79. The number of hydrogen-bond donors (Lipinski definition) is 2. The number of nitrogens with zero attached hydrogens (tertiary/aromatic N) is 1. The fourth-order valence-electron chi connectivity index (χ4n) is 1.93. The third-order valence-electron chi connectivity index (χ3n) is 2.79. The summed E-state index contributed by atoms with van der Waals surface area (Å²) in [6.45, 7) is 5.19. The minimum atomic E-state index is -0.216. The number of aromatic nitrogens is 1. The smallest absolute Gasteiger partial charge is 0.270 e. The van der Waals surface area contributed by atoms with Crippen molar-refractivity contribution in [2.45, 2.75) is 20.8 Å². The molecule has 0 aliphatic rings. The maximum Gasteiger partial charge on any atom is 0.270 e. The van der Waals surface area contributed by atoms with Gasteiger partial charge < -0.3 is 15.0 Å². The van der Waals surface area contributed by atoms with Gasteiger partial charge in [0.25, 0.3) is 5.91 Å². The Kier molecular flexibility index (Phi) is 4.07. The number of rotatable bonds is 4. The molecule has 1 heterocycles. The Bertz CT molecular complexity index is 449. The predicted molar refractivity (Wildman–Crippen MR) is 64.3 cm³/mol. The van der Waals surface area contributed by atoms with Gasteiger partial charge in [0.05, 0.1) is 6.61 Å². The number of hydrogen-bond acceptors (Lipinski definition) is 3. The topological polar surface area (TPSA) is 73.4 Å². The molecular formula is C12H18N2O3. The van der Waals surface area contributed by atoms with E-state index in [0.717, 1.165) is 0 Å². The molecule has 0 bridgehead atoms. The van der Waals surface area contributed by atoms with Gasteiger partial charge >= 0.3 is 0 Å². The summed E-state index contributed by atoms with van der Waals surface area (Å²) in [5.41, 5.74) is 2.37. The second-order valence-electron chi connectivity index (χ2n) is 4.13. The highest BCUT2D eigenvalue weighted by Crippen LogP contribution is 2.19. The predicted octanol–water partition coefficient (Wildman–Crippen LogP) is 0.898. The van der Waals surface area contributed by atoms with E-state index >= 15 is 0 Å². The molecule has 0 aliphatic heterocycles. The summed E-state index contributed by atoms with van der Waals surface area (Å²) >= 11 is 0. The molecule has 0 unspecified atom stereocenters. The summed E-state index contributed by atoms with van der Waals surface area (Å²) in [4.78, 5) is 27.8. The van der Waals surface area contributed by atoms with Gasteiger partial charge in [0, 0.05) is 24.8 Å². The van der Waals surface area contributed by atoms with Crippen LogP contribution in [0.1, 0.15) is 39.0 Å². The highest BCUT2D eigenvalue weighted by atomic mass is 16.3. The zero-order valence-electron chi connectivity index (χ0n) is 10.6. The Morgan fingerprint density at radius 3 is 2.35 bits per heavy atom. The average molecular weight is 238 g/mol. The molecule has 5 heteroatoms. The molecule has 1 rings (SSSR count). The summed E-state index contributed by atoms with van der Waals surface area (Å²) in [5.74, 6) is -0.271. The number of amides is 1. The number of aryl methyl sites for hydroxylation is 1. The van der Waals surface area contributed by atoms with Crippen molar-refractivity contribution in [2.75, 3.05) is 20.2 Å². The fraction of sp³-hybridized carbons (Fsp3) is 0.500. The summed E-state index contributed by atoms with van der Waals surface area (Å²) in [6.07, 6.45) is 0. The van der Waals surface area contributed by atoms with Gasteiger partial charge in [-0.15, -0.1) is 0 Å². The van der Waals surface area contributed by atoms with Crippen LogP contribution in [0.2, 0.25) is 0 Å². The van der Waals surface area contributed by atoms with E-state index in [-0.39, 0.29) is 24.8 Å². The lowest BCUT2D eigenvalue weighted by Crippen LogP contribution is -2.30. The summed E-state index contributed by atoms with van der Waals surface area (Å²) in [7, 11) is 1.61. The minimum absolute atomic E-state index is 0.0555. The van der Waals surface area contributed by atoms with Crippen LogP contribution in [0.4, 0.5) is 0 Å². The monoisotopic (exact) mass is 238 g/mol. The lowest BCUT2D eigenvalue weighted by Gasteiger charge is -2.15. The zero-order chi connectivity index (χ0) is 13.2. The second-order valence-corrected chi connectivity index (χ2v) is 4.13. The van der Waals surface area contributed by atoms with E-state index in [0.29, 0.717) is 22.5 Å². The third kappa shape index (κ3) is 2.55. The number of carbonyl (C=O) groups excluding carboxylic acids is 2. The molecule has 0 aromatic carbocycles.